The average Bonchev–Trinajstić information content (AvgIpc) is 2.65. The van der Waals surface area contributed by atoms with Gasteiger partial charge in [-0.25, -0.2) is 4.79 Å². The fourth-order valence-electron chi connectivity index (χ4n) is 3.84. The molecule has 0 aliphatic carbocycles. The highest BCUT2D eigenvalue weighted by atomic mass is 16.7. The maximum absolute atomic E-state index is 12.4. The number of rotatable bonds is 12. The molecule has 0 spiro atoms. The third-order valence-corrected chi connectivity index (χ3v) is 5.66. The van der Waals surface area contributed by atoms with E-state index in [0.717, 1.165) is 46.0 Å². The fourth-order valence-corrected chi connectivity index (χ4v) is 3.84. The first-order chi connectivity index (χ1) is 13.8. The van der Waals surface area contributed by atoms with Crippen LogP contribution in [0.1, 0.15) is 66.2 Å². The van der Waals surface area contributed by atoms with E-state index in [0.29, 0.717) is 13.3 Å². The first kappa shape index (κ1) is 26.3. The number of unbranched alkanes of at least 4 members (excludes halogenated alkanes) is 5. The summed E-state index contributed by atoms with van der Waals surface area (Å²) in [5.74, 6) is -5.88. The summed E-state index contributed by atoms with van der Waals surface area (Å²) in [7, 11) is 0. The lowest BCUT2D eigenvalue weighted by Crippen LogP contribution is -2.86. The second-order valence-electron chi connectivity index (χ2n) is 7.74. The van der Waals surface area contributed by atoms with E-state index in [1.54, 1.807) is 0 Å². The minimum atomic E-state index is -3.51. The highest BCUT2D eigenvalue weighted by Gasteiger charge is 2.80. The Labute approximate surface area is 175 Å². The quantitative estimate of drug-likeness (QED) is 0.311. The Bertz CT molecular complexity index is 676. The molecule has 0 amide bonds. The number of carboxylic acids is 1. The lowest BCUT2D eigenvalue weighted by molar-refractivity contribution is -0.361. The van der Waals surface area contributed by atoms with Crippen LogP contribution in [0.3, 0.4) is 0 Å². The highest BCUT2D eigenvalue weighted by Crippen LogP contribution is 2.47. The van der Waals surface area contributed by atoms with E-state index in [-0.39, 0.29) is 6.61 Å². The van der Waals surface area contributed by atoms with Crippen LogP contribution >= 0.6 is 0 Å². The number of hydrogen-bond donors (Lipinski definition) is 4. The number of carboxylic acid groups (broad SMARTS) is 1. The Hall–Kier alpha value is -1.72. The van der Waals surface area contributed by atoms with Crippen molar-refractivity contribution in [2.45, 2.75) is 95.4 Å². The Morgan fingerprint density at radius 1 is 0.833 bits per heavy atom. The molecule has 0 unspecified atom stereocenters. The zero-order valence-corrected chi connectivity index (χ0v) is 17.8. The van der Waals surface area contributed by atoms with Crippen molar-refractivity contribution in [1.29, 1.82) is 0 Å². The summed E-state index contributed by atoms with van der Waals surface area (Å²) in [5.41, 5.74) is -10.1. The molecule has 0 aromatic carbocycles. The van der Waals surface area contributed by atoms with Gasteiger partial charge in [0.15, 0.2) is 35.3 Å². The van der Waals surface area contributed by atoms with Gasteiger partial charge in [-0.1, -0.05) is 39.0 Å². The van der Waals surface area contributed by atoms with Crippen LogP contribution in [0.2, 0.25) is 0 Å². The molecule has 10 nitrogen and oxygen atoms in total. The summed E-state index contributed by atoms with van der Waals surface area (Å²) in [5, 5.41) is 42.5. The topological polar surface area (TPSA) is 168 Å². The molecular formula is C20H32O10. The summed E-state index contributed by atoms with van der Waals surface area (Å²) in [4.78, 5) is 48.6. The maximum atomic E-state index is 12.4. The maximum Gasteiger partial charge on any atom is 0.336 e. The van der Waals surface area contributed by atoms with E-state index in [9.17, 15) is 39.6 Å². The van der Waals surface area contributed by atoms with Gasteiger partial charge in [-0.05, 0) is 27.2 Å². The van der Waals surface area contributed by atoms with Gasteiger partial charge < -0.3 is 29.9 Å². The molecule has 0 bridgehead atoms. The molecule has 0 radical (unpaired) electrons. The van der Waals surface area contributed by atoms with Gasteiger partial charge in [-0.3, -0.25) is 14.4 Å². The lowest BCUT2D eigenvalue weighted by atomic mass is 9.61. The summed E-state index contributed by atoms with van der Waals surface area (Å²) in [6, 6.07) is 0. The lowest BCUT2D eigenvalue weighted by Gasteiger charge is -2.56. The van der Waals surface area contributed by atoms with Gasteiger partial charge >= 0.3 is 5.97 Å². The van der Waals surface area contributed by atoms with Crippen molar-refractivity contribution in [3.63, 3.8) is 0 Å². The van der Waals surface area contributed by atoms with Gasteiger partial charge in [0.05, 0.1) is 0 Å². The summed E-state index contributed by atoms with van der Waals surface area (Å²) >= 11 is 0. The van der Waals surface area contributed by atoms with Crippen molar-refractivity contribution in [2.24, 2.45) is 0 Å². The fraction of sp³-hybridized carbons (Fsp3) is 0.800. The number of aliphatic hydroxyl groups is 3. The van der Waals surface area contributed by atoms with Crippen LogP contribution in [-0.4, -0.2) is 79.5 Å². The number of carbonyl (C=O) groups excluding carboxylic acids is 3. The smallest absolute Gasteiger partial charge is 0.336 e. The molecule has 0 aromatic rings. The molecular weight excluding hydrogens is 400 g/mol. The number of ketones is 3. The van der Waals surface area contributed by atoms with E-state index < -0.39 is 52.5 Å². The van der Waals surface area contributed by atoms with Crippen LogP contribution in [0.5, 0.6) is 0 Å². The van der Waals surface area contributed by atoms with E-state index in [4.69, 9.17) is 9.47 Å². The standard InChI is InChI=1S/C20H32O10/c1-5-6-7-8-9-10-11-29-17-19(27,13(3)22)20(28,14(4)23)18(26,12(2)21)15(30-17)16(24)25/h15,17,26-28H,5-11H2,1-4H3,(H,24,25)/t15-,17-,18-,19+,20+/m1/s1. The Morgan fingerprint density at radius 3 is 1.77 bits per heavy atom. The zero-order chi connectivity index (χ0) is 23.3. The molecule has 30 heavy (non-hydrogen) atoms. The Kier molecular flexibility index (Phi) is 8.82. The van der Waals surface area contributed by atoms with Crippen LogP contribution in [0.15, 0.2) is 0 Å². The molecule has 1 saturated heterocycles. The number of hydrogen-bond acceptors (Lipinski definition) is 9. The van der Waals surface area contributed by atoms with Gasteiger partial charge in [-0.2, -0.15) is 0 Å². The van der Waals surface area contributed by atoms with Gasteiger partial charge in [-0.15, -0.1) is 0 Å². The van der Waals surface area contributed by atoms with Crippen LogP contribution in [-0.2, 0) is 28.7 Å². The van der Waals surface area contributed by atoms with E-state index >= 15 is 0 Å². The van der Waals surface area contributed by atoms with Crippen LogP contribution in [0.4, 0.5) is 0 Å². The number of Topliss-reactive ketones (excluding diaryl/α,β-unsaturated/α-hetero) is 3. The largest absolute Gasteiger partial charge is 0.479 e. The minimum absolute atomic E-state index is 0.0782. The molecule has 172 valence electrons. The summed E-state index contributed by atoms with van der Waals surface area (Å²) in [6.45, 7) is 4.23. The van der Waals surface area contributed by atoms with Crippen LogP contribution in [0, 0.1) is 0 Å². The Balaban J connectivity index is 3.30. The molecule has 1 fully saturated rings. The second-order valence-corrected chi connectivity index (χ2v) is 7.74. The molecule has 1 rings (SSSR count). The summed E-state index contributed by atoms with van der Waals surface area (Å²) in [6.07, 6.45) is 0.748. The van der Waals surface area contributed by atoms with Gasteiger partial charge in [0, 0.05) is 6.61 Å². The Morgan fingerprint density at radius 2 is 1.33 bits per heavy atom. The predicted molar refractivity (Wildman–Crippen MR) is 103 cm³/mol. The normalized spacial score (nSPS) is 33.8. The number of carbonyl (C=O) groups is 4. The first-order valence-corrected chi connectivity index (χ1v) is 10.0. The zero-order valence-electron chi connectivity index (χ0n) is 17.8. The third-order valence-electron chi connectivity index (χ3n) is 5.66. The number of ether oxygens (including phenoxy) is 2. The van der Waals surface area contributed by atoms with Crippen molar-refractivity contribution in [3.05, 3.63) is 0 Å². The molecule has 1 aliphatic heterocycles. The molecule has 4 N–H and O–H groups in total. The monoisotopic (exact) mass is 432 g/mol. The predicted octanol–water partition coefficient (Wildman–Crippen LogP) is 0.133. The van der Waals surface area contributed by atoms with Crippen molar-refractivity contribution in [1.82, 2.24) is 0 Å². The molecule has 1 aliphatic rings. The minimum Gasteiger partial charge on any atom is -0.479 e. The molecule has 0 aromatic heterocycles. The summed E-state index contributed by atoms with van der Waals surface area (Å²) < 4.78 is 10.5. The molecule has 0 saturated carbocycles. The van der Waals surface area contributed by atoms with E-state index in [1.165, 1.54) is 0 Å². The second kappa shape index (κ2) is 10.1. The SMILES string of the molecule is CCCCCCCCO[C@@H]1O[C@H](C(=O)O)[C@](O)(C(C)=O)[C@@](O)(C(C)=O)[C@]1(O)C(C)=O. The van der Waals surface area contributed by atoms with Crippen molar-refractivity contribution >= 4 is 23.3 Å². The van der Waals surface area contributed by atoms with Gasteiger partial charge in [0.25, 0.3) is 0 Å². The number of aliphatic carboxylic acids is 1. The van der Waals surface area contributed by atoms with Gasteiger partial charge in [0.1, 0.15) is 0 Å². The molecule has 5 atom stereocenters. The van der Waals surface area contributed by atoms with Crippen LogP contribution < -0.4 is 0 Å². The van der Waals surface area contributed by atoms with E-state index in [1.807, 2.05) is 0 Å². The third kappa shape index (κ3) is 4.19. The van der Waals surface area contributed by atoms with Crippen molar-refractivity contribution < 1.29 is 49.1 Å². The van der Waals surface area contributed by atoms with Crippen molar-refractivity contribution in [3.8, 4) is 0 Å². The molecule has 10 heteroatoms. The van der Waals surface area contributed by atoms with Crippen molar-refractivity contribution in [2.75, 3.05) is 6.61 Å². The van der Waals surface area contributed by atoms with Gasteiger partial charge in [0.2, 0.25) is 11.2 Å². The van der Waals surface area contributed by atoms with Crippen LogP contribution in [0.25, 0.3) is 0 Å². The average molecular weight is 432 g/mol. The highest BCUT2D eigenvalue weighted by molar-refractivity contribution is 6.07. The first-order valence-electron chi connectivity index (χ1n) is 10.0. The van der Waals surface area contributed by atoms with E-state index in [2.05, 4.69) is 6.92 Å². The molecule has 1 heterocycles.